The SMILES string of the molecule is CC(Cc1ccc(O)cc1)Nc1ccc(N(C)C)nc1. The number of pyridine rings is 1. The fourth-order valence-corrected chi connectivity index (χ4v) is 2.06. The molecular formula is C16H21N3O. The second kappa shape index (κ2) is 6.28. The number of hydrogen-bond donors (Lipinski definition) is 2. The van der Waals surface area contributed by atoms with Crippen LogP contribution in [0.5, 0.6) is 5.75 Å². The summed E-state index contributed by atoms with van der Waals surface area (Å²) in [4.78, 5) is 6.36. The molecule has 2 rings (SSSR count). The van der Waals surface area contributed by atoms with Crippen molar-refractivity contribution in [3.63, 3.8) is 0 Å². The second-order valence-electron chi connectivity index (χ2n) is 5.22. The van der Waals surface area contributed by atoms with Crippen LogP contribution in [0, 0.1) is 0 Å². The fourth-order valence-electron chi connectivity index (χ4n) is 2.06. The van der Waals surface area contributed by atoms with Crippen molar-refractivity contribution in [1.29, 1.82) is 0 Å². The van der Waals surface area contributed by atoms with E-state index in [0.717, 1.165) is 17.9 Å². The Kier molecular flexibility index (Phi) is 4.45. The van der Waals surface area contributed by atoms with Gasteiger partial charge in [-0.3, -0.25) is 0 Å². The molecule has 1 aromatic carbocycles. The van der Waals surface area contributed by atoms with Crippen LogP contribution < -0.4 is 10.2 Å². The van der Waals surface area contributed by atoms with Gasteiger partial charge in [-0.15, -0.1) is 0 Å². The van der Waals surface area contributed by atoms with E-state index in [1.54, 1.807) is 12.1 Å². The zero-order valence-electron chi connectivity index (χ0n) is 12.2. The van der Waals surface area contributed by atoms with Gasteiger partial charge in [-0.2, -0.15) is 0 Å². The second-order valence-corrected chi connectivity index (χ2v) is 5.22. The summed E-state index contributed by atoms with van der Waals surface area (Å²) in [5.41, 5.74) is 2.21. The van der Waals surface area contributed by atoms with E-state index < -0.39 is 0 Å². The van der Waals surface area contributed by atoms with Crippen molar-refractivity contribution in [3.05, 3.63) is 48.2 Å². The van der Waals surface area contributed by atoms with Gasteiger partial charge >= 0.3 is 0 Å². The molecule has 0 fully saturated rings. The molecule has 0 amide bonds. The number of nitrogens with zero attached hydrogens (tertiary/aromatic N) is 2. The van der Waals surface area contributed by atoms with E-state index in [-0.39, 0.29) is 0 Å². The quantitative estimate of drug-likeness (QED) is 0.878. The Hall–Kier alpha value is -2.23. The van der Waals surface area contributed by atoms with Gasteiger partial charge in [-0.1, -0.05) is 12.1 Å². The van der Waals surface area contributed by atoms with Crippen LogP contribution in [0.2, 0.25) is 0 Å². The third-order valence-electron chi connectivity index (χ3n) is 3.10. The van der Waals surface area contributed by atoms with Crippen LogP contribution in [0.1, 0.15) is 12.5 Å². The highest BCUT2D eigenvalue weighted by molar-refractivity contribution is 5.48. The zero-order valence-corrected chi connectivity index (χ0v) is 12.2. The molecule has 4 nitrogen and oxygen atoms in total. The molecule has 0 aliphatic rings. The van der Waals surface area contributed by atoms with Crippen LogP contribution >= 0.6 is 0 Å². The maximum absolute atomic E-state index is 9.27. The fraction of sp³-hybridized carbons (Fsp3) is 0.312. The third kappa shape index (κ3) is 3.88. The first-order valence-corrected chi connectivity index (χ1v) is 6.72. The number of nitrogens with one attached hydrogen (secondary N) is 1. The van der Waals surface area contributed by atoms with Crippen LogP contribution in [0.15, 0.2) is 42.6 Å². The molecule has 1 aromatic heterocycles. The molecule has 106 valence electrons. The summed E-state index contributed by atoms with van der Waals surface area (Å²) in [6, 6.07) is 11.7. The van der Waals surface area contributed by atoms with Gasteiger partial charge < -0.3 is 15.3 Å². The van der Waals surface area contributed by atoms with Crippen LogP contribution in [0.4, 0.5) is 11.5 Å². The first-order valence-electron chi connectivity index (χ1n) is 6.72. The van der Waals surface area contributed by atoms with Crippen LogP contribution in [-0.4, -0.2) is 30.2 Å². The van der Waals surface area contributed by atoms with E-state index in [1.165, 1.54) is 5.56 Å². The Balaban J connectivity index is 1.93. The van der Waals surface area contributed by atoms with Gasteiger partial charge in [-0.05, 0) is 43.2 Å². The maximum Gasteiger partial charge on any atom is 0.128 e. The van der Waals surface area contributed by atoms with Gasteiger partial charge in [0.15, 0.2) is 0 Å². The maximum atomic E-state index is 9.27. The number of anilines is 2. The highest BCUT2D eigenvalue weighted by Crippen LogP contribution is 2.15. The van der Waals surface area contributed by atoms with Gasteiger partial charge in [0.2, 0.25) is 0 Å². The molecule has 0 aliphatic heterocycles. The van der Waals surface area contributed by atoms with Crippen LogP contribution in [0.3, 0.4) is 0 Å². The Morgan fingerprint density at radius 2 is 1.85 bits per heavy atom. The minimum atomic E-state index is 0.298. The number of benzene rings is 1. The standard InChI is InChI=1S/C16H21N3O/c1-12(10-13-4-7-15(20)8-5-13)18-14-6-9-16(17-11-14)19(2)3/h4-9,11-12,18,20H,10H2,1-3H3. The summed E-state index contributed by atoms with van der Waals surface area (Å²) < 4.78 is 0. The Morgan fingerprint density at radius 1 is 1.15 bits per heavy atom. The molecule has 2 N–H and O–H groups in total. The molecule has 0 aliphatic carbocycles. The van der Waals surface area contributed by atoms with E-state index in [0.29, 0.717) is 11.8 Å². The predicted molar refractivity (Wildman–Crippen MR) is 83.5 cm³/mol. The van der Waals surface area contributed by atoms with E-state index in [1.807, 2.05) is 49.5 Å². The van der Waals surface area contributed by atoms with E-state index in [4.69, 9.17) is 0 Å². The van der Waals surface area contributed by atoms with Crippen molar-refractivity contribution in [2.24, 2.45) is 0 Å². The summed E-state index contributed by atoms with van der Waals surface area (Å²) >= 11 is 0. The summed E-state index contributed by atoms with van der Waals surface area (Å²) in [7, 11) is 3.95. The van der Waals surface area contributed by atoms with E-state index in [9.17, 15) is 5.11 Å². The summed E-state index contributed by atoms with van der Waals surface area (Å²) in [6.07, 6.45) is 2.75. The number of aromatic hydroxyl groups is 1. The number of phenolic OH excluding ortho intramolecular Hbond substituents is 1. The van der Waals surface area contributed by atoms with Gasteiger partial charge in [0.25, 0.3) is 0 Å². The molecular weight excluding hydrogens is 250 g/mol. The monoisotopic (exact) mass is 271 g/mol. The Morgan fingerprint density at radius 3 is 2.40 bits per heavy atom. The van der Waals surface area contributed by atoms with Crippen molar-refractivity contribution < 1.29 is 5.11 Å². The lowest BCUT2D eigenvalue weighted by molar-refractivity contribution is 0.475. The molecule has 4 heteroatoms. The van der Waals surface area contributed by atoms with Crippen molar-refractivity contribution in [2.75, 3.05) is 24.3 Å². The van der Waals surface area contributed by atoms with Crippen molar-refractivity contribution in [1.82, 2.24) is 4.98 Å². The minimum Gasteiger partial charge on any atom is -0.508 e. The lowest BCUT2D eigenvalue weighted by atomic mass is 10.1. The number of phenols is 1. The Labute approximate surface area is 120 Å². The molecule has 0 saturated heterocycles. The van der Waals surface area contributed by atoms with Crippen molar-refractivity contribution in [2.45, 2.75) is 19.4 Å². The number of rotatable bonds is 5. The third-order valence-corrected chi connectivity index (χ3v) is 3.10. The van der Waals surface area contributed by atoms with Gasteiger partial charge in [0, 0.05) is 20.1 Å². The van der Waals surface area contributed by atoms with Crippen LogP contribution in [-0.2, 0) is 6.42 Å². The normalized spacial score (nSPS) is 11.9. The van der Waals surface area contributed by atoms with Crippen molar-refractivity contribution in [3.8, 4) is 5.75 Å². The number of hydrogen-bond acceptors (Lipinski definition) is 4. The highest BCUT2D eigenvalue weighted by atomic mass is 16.3. The molecule has 0 radical (unpaired) electrons. The average molecular weight is 271 g/mol. The smallest absolute Gasteiger partial charge is 0.128 e. The molecule has 1 heterocycles. The molecule has 1 atom stereocenters. The summed E-state index contributed by atoms with van der Waals surface area (Å²) in [5, 5.41) is 12.7. The molecule has 20 heavy (non-hydrogen) atoms. The lowest BCUT2D eigenvalue weighted by Gasteiger charge is -2.16. The van der Waals surface area contributed by atoms with Gasteiger partial charge in [0.05, 0.1) is 11.9 Å². The first-order chi connectivity index (χ1) is 9.54. The molecule has 2 aromatic rings. The summed E-state index contributed by atoms with van der Waals surface area (Å²) in [6.45, 7) is 2.13. The van der Waals surface area contributed by atoms with Crippen LogP contribution in [0.25, 0.3) is 0 Å². The molecule has 0 spiro atoms. The highest BCUT2D eigenvalue weighted by Gasteiger charge is 2.05. The van der Waals surface area contributed by atoms with Gasteiger partial charge in [0.1, 0.15) is 11.6 Å². The predicted octanol–water partition coefficient (Wildman–Crippen LogP) is 2.90. The average Bonchev–Trinajstić information content (AvgIpc) is 2.42. The largest absolute Gasteiger partial charge is 0.508 e. The molecule has 0 saturated carbocycles. The first kappa shape index (κ1) is 14.2. The Bertz CT molecular complexity index is 535. The van der Waals surface area contributed by atoms with E-state index in [2.05, 4.69) is 17.2 Å². The van der Waals surface area contributed by atoms with Gasteiger partial charge in [-0.25, -0.2) is 4.98 Å². The van der Waals surface area contributed by atoms with Crippen molar-refractivity contribution >= 4 is 11.5 Å². The summed E-state index contributed by atoms with van der Waals surface area (Å²) in [5.74, 6) is 1.25. The lowest BCUT2D eigenvalue weighted by Crippen LogP contribution is -2.18. The minimum absolute atomic E-state index is 0.298. The zero-order chi connectivity index (χ0) is 14.5. The molecule has 0 bridgehead atoms. The molecule has 1 unspecified atom stereocenters. The number of aromatic nitrogens is 1. The van der Waals surface area contributed by atoms with E-state index >= 15 is 0 Å². The topological polar surface area (TPSA) is 48.4 Å².